The van der Waals surface area contributed by atoms with E-state index >= 15 is 0 Å². The van der Waals surface area contributed by atoms with Gasteiger partial charge in [-0.1, -0.05) is 155 Å². The molecule has 3 atom stereocenters. The molecule has 4 N–H and O–H groups in total. The van der Waals surface area contributed by atoms with Crippen LogP contribution in [0.4, 0.5) is 0 Å². The van der Waals surface area contributed by atoms with Gasteiger partial charge < -0.3 is 20.1 Å². The molecule has 54 heavy (non-hydrogen) atoms. The minimum atomic E-state index is -0.287. The average molecular weight is 761 g/mol. The molecule has 2 aromatic heterocycles. The summed E-state index contributed by atoms with van der Waals surface area (Å²) < 4.78 is 4.99. The van der Waals surface area contributed by atoms with E-state index in [1.807, 2.05) is 11.5 Å². The minimum absolute atomic E-state index is 0.0398. The van der Waals surface area contributed by atoms with Crippen molar-refractivity contribution in [1.82, 2.24) is 29.3 Å². The van der Waals surface area contributed by atoms with E-state index in [9.17, 15) is 19.8 Å². The maximum absolute atomic E-state index is 13.9. The lowest BCUT2D eigenvalue weighted by atomic mass is 10.1. The first-order valence-electron chi connectivity index (χ1n) is 22.8. The fourth-order valence-electron chi connectivity index (χ4n) is 7.66. The number of nitrogens with zero attached hydrogens (tertiary/aromatic N) is 4. The lowest BCUT2D eigenvalue weighted by molar-refractivity contribution is 0.158. The molecular formula is C44H84N6O4. The summed E-state index contributed by atoms with van der Waals surface area (Å²) in [5.41, 5.74) is 0.472. The predicted octanol–water partition coefficient (Wildman–Crippen LogP) is 9.28. The molecule has 2 rings (SSSR count). The lowest BCUT2D eigenvalue weighted by Crippen LogP contribution is -2.40. The molecule has 0 aromatic carbocycles. The van der Waals surface area contributed by atoms with Crippen LogP contribution in [0.1, 0.15) is 207 Å². The minimum Gasteiger partial charge on any atom is -0.393 e. The molecular weight excluding hydrogens is 677 g/mol. The normalized spacial score (nSPS) is 13.6. The highest BCUT2D eigenvalue weighted by Crippen LogP contribution is 2.20. The Balaban J connectivity index is 1.84. The van der Waals surface area contributed by atoms with E-state index in [1.165, 1.54) is 88.0 Å². The molecule has 0 bridgehead atoms. The van der Waals surface area contributed by atoms with E-state index < -0.39 is 0 Å². The van der Waals surface area contributed by atoms with Crippen molar-refractivity contribution in [2.45, 2.75) is 225 Å². The first-order chi connectivity index (χ1) is 26.3. The molecule has 10 heteroatoms. The molecule has 314 valence electrons. The van der Waals surface area contributed by atoms with Gasteiger partial charge in [0.15, 0.2) is 11.2 Å². The Kier molecular flexibility index (Phi) is 27.7. The molecule has 0 spiro atoms. The van der Waals surface area contributed by atoms with Gasteiger partial charge in [0.25, 0.3) is 5.56 Å². The molecule has 0 aliphatic rings. The summed E-state index contributed by atoms with van der Waals surface area (Å²) in [5, 5.41) is 27.0. The van der Waals surface area contributed by atoms with Crippen LogP contribution in [0.2, 0.25) is 0 Å². The second-order valence-electron chi connectivity index (χ2n) is 16.3. The number of fused-ring (bicyclic) bond motifs is 1. The number of aliphatic hydroxyl groups excluding tert-OH is 2. The Morgan fingerprint density at radius 2 is 1.15 bits per heavy atom. The second-order valence-corrected chi connectivity index (χ2v) is 16.3. The Morgan fingerprint density at radius 1 is 0.648 bits per heavy atom. The predicted molar refractivity (Wildman–Crippen MR) is 227 cm³/mol. The zero-order chi connectivity index (χ0) is 39.2. The molecule has 0 aliphatic carbocycles. The van der Waals surface area contributed by atoms with Crippen molar-refractivity contribution in [1.29, 1.82) is 0 Å². The number of rotatable bonds is 37. The van der Waals surface area contributed by atoms with Crippen LogP contribution in [0, 0.1) is 0 Å². The maximum Gasteiger partial charge on any atom is 0.332 e. The van der Waals surface area contributed by atoms with Crippen molar-refractivity contribution in [3.8, 4) is 0 Å². The highest BCUT2D eigenvalue weighted by atomic mass is 16.3. The zero-order valence-corrected chi connectivity index (χ0v) is 35.4. The van der Waals surface area contributed by atoms with Crippen LogP contribution in [-0.2, 0) is 13.6 Å². The van der Waals surface area contributed by atoms with Crippen LogP contribution >= 0.6 is 0 Å². The average Bonchev–Trinajstić information content (AvgIpc) is 3.60. The standard InChI is InChI=1S/C44H84N6O4/c1-5-7-9-11-21-27-33-45-36-39(52)31-25-19-14-13-17-23-29-35-49-43(53)41-42(48(4)44(49)54)47-37-50(41)40(46-34-28-22-12-10-8-6-2)32-26-20-16-15-18-24-30-38(3)51/h37-40,45-46,51-52H,5-36H2,1-4H3. The van der Waals surface area contributed by atoms with Crippen molar-refractivity contribution < 1.29 is 10.2 Å². The van der Waals surface area contributed by atoms with Gasteiger partial charge in [0.2, 0.25) is 0 Å². The first kappa shape index (κ1) is 48.1. The Labute approximate surface area is 329 Å². The molecule has 2 aromatic rings. The number of hydrogen-bond acceptors (Lipinski definition) is 7. The van der Waals surface area contributed by atoms with Crippen LogP contribution in [0.3, 0.4) is 0 Å². The summed E-state index contributed by atoms with van der Waals surface area (Å²) >= 11 is 0. The van der Waals surface area contributed by atoms with Gasteiger partial charge in [-0.2, -0.15) is 0 Å². The van der Waals surface area contributed by atoms with Gasteiger partial charge in [0.05, 0.1) is 24.7 Å². The second kappa shape index (κ2) is 31.1. The van der Waals surface area contributed by atoms with Crippen molar-refractivity contribution in [3.05, 3.63) is 27.2 Å². The summed E-state index contributed by atoms with van der Waals surface area (Å²) in [6, 6.07) is 0. The fourth-order valence-corrected chi connectivity index (χ4v) is 7.66. The summed E-state index contributed by atoms with van der Waals surface area (Å²) in [4.78, 5) is 31.9. The van der Waals surface area contributed by atoms with Crippen molar-refractivity contribution in [2.24, 2.45) is 7.05 Å². The third-order valence-corrected chi connectivity index (χ3v) is 11.2. The third kappa shape index (κ3) is 20.2. The molecule has 0 aliphatic heterocycles. The van der Waals surface area contributed by atoms with Crippen LogP contribution in [0.25, 0.3) is 11.2 Å². The number of unbranched alkanes of at least 4 members (excludes halogenated alkanes) is 21. The number of aliphatic hydroxyl groups is 2. The Hall–Kier alpha value is -2.01. The van der Waals surface area contributed by atoms with Crippen LogP contribution in [-0.4, -0.2) is 60.7 Å². The number of aryl methyl sites for hydroxylation is 1. The molecule has 0 fully saturated rings. The summed E-state index contributed by atoms with van der Waals surface area (Å²) in [6.07, 6.45) is 33.2. The van der Waals surface area contributed by atoms with Gasteiger partial charge in [-0.05, 0) is 58.5 Å². The smallest absolute Gasteiger partial charge is 0.332 e. The Bertz CT molecular complexity index is 1300. The third-order valence-electron chi connectivity index (χ3n) is 11.2. The van der Waals surface area contributed by atoms with Gasteiger partial charge in [0, 0.05) is 20.1 Å². The fraction of sp³-hybridized carbons (Fsp3) is 0.886. The summed E-state index contributed by atoms with van der Waals surface area (Å²) in [6.45, 7) is 9.38. The van der Waals surface area contributed by atoms with Gasteiger partial charge in [-0.25, -0.2) is 9.78 Å². The topological polar surface area (TPSA) is 126 Å². The highest BCUT2D eigenvalue weighted by molar-refractivity contribution is 5.70. The van der Waals surface area contributed by atoms with Gasteiger partial charge in [0.1, 0.15) is 0 Å². The van der Waals surface area contributed by atoms with E-state index in [1.54, 1.807) is 17.9 Å². The molecule has 0 radical (unpaired) electrons. The van der Waals surface area contributed by atoms with E-state index in [-0.39, 0.29) is 29.6 Å². The van der Waals surface area contributed by atoms with Crippen molar-refractivity contribution >= 4 is 11.2 Å². The molecule has 10 nitrogen and oxygen atoms in total. The summed E-state index contributed by atoms with van der Waals surface area (Å²) in [5.74, 6) is 0. The monoisotopic (exact) mass is 761 g/mol. The molecule has 2 heterocycles. The van der Waals surface area contributed by atoms with E-state index in [0.29, 0.717) is 24.3 Å². The number of aromatic nitrogens is 4. The number of hydrogen-bond donors (Lipinski definition) is 4. The SMILES string of the molecule is CCCCCCCCNCC(O)CCCCCCCCCn1c(=O)c2c(ncn2C(CCCCCCCCC(C)O)NCCCCCCCC)n(C)c1=O. The van der Waals surface area contributed by atoms with Crippen LogP contribution in [0.15, 0.2) is 15.9 Å². The number of imidazole rings is 1. The van der Waals surface area contributed by atoms with Gasteiger partial charge in [-0.3, -0.25) is 19.2 Å². The molecule has 3 unspecified atom stereocenters. The quantitative estimate of drug-likeness (QED) is 0.0506. The van der Waals surface area contributed by atoms with Gasteiger partial charge in [-0.15, -0.1) is 0 Å². The zero-order valence-electron chi connectivity index (χ0n) is 35.4. The van der Waals surface area contributed by atoms with Crippen molar-refractivity contribution in [2.75, 3.05) is 19.6 Å². The van der Waals surface area contributed by atoms with E-state index in [2.05, 4.69) is 29.5 Å². The lowest BCUT2D eigenvalue weighted by Gasteiger charge is -2.21. The molecule has 0 saturated carbocycles. The largest absolute Gasteiger partial charge is 0.393 e. The highest BCUT2D eigenvalue weighted by Gasteiger charge is 2.20. The van der Waals surface area contributed by atoms with Gasteiger partial charge >= 0.3 is 5.69 Å². The molecule has 0 amide bonds. The molecule has 0 saturated heterocycles. The van der Waals surface area contributed by atoms with E-state index in [0.717, 1.165) is 109 Å². The number of nitrogens with one attached hydrogen (secondary N) is 2. The maximum atomic E-state index is 13.9. The first-order valence-corrected chi connectivity index (χ1v) is 22.8. The van der Waals surface area contributed by atoms with Crippen molar-refractivity contribution in [3.63, 3.8) is 0 Å². The van der Waals surface area contributed by atoms with Crippen LogP contribution in [0.5, 0.6) is 0 Å². The summed E-state index contributed by atoms with van der Waals surface area (Å²) in [7, 11) is 1.73. The van der Waals surface area contributed by atoms with E-state index in [4.69, 9.17) is 0 Å². The Morgan fingerprint density at radius 3 is 1.74 bits per heavy atom. The van der Waals surface area contributed by atoms with Crippen LogP contribution < -0.4 is 21.9 Å².